The Hall–Kier alpha value is -1.26. The van der Waals surface area contributed by atoms with Crippen molar-refractivity contribution in [1.29, 1.82) is 0 Å². The first-order chi connectivity index (χ1) is 10.2. The van der Waals surface area contributed by atoms with E-state index in [4.69, 9.17) is 0 Å². The molecule has 0 saturated carbocycles. The monoisotopic (exact) mass is 348 g/mol. The van der Waals surface area contributed by atoms with Gasteiger partial charge in [-0.3, -0.25) is 4.98 Å². The molecular weight excluding hydrogens is 331 g/mol. The van der Waals surface area contributed by atoms with Crippen LogP contribution in [0.1, 0.15) is 41.6 Å². The maximum atomic E-state index is 13.6. The Morgan fingerprint density at radius 2 is 2.24 bits per heavy atom. The van der Waals surface area contributed by atoms with Crippen LogP contribution in [0.3, 0.4) is 0 Å². The van der Waals surface area contributed by atoms with Gasteiger partial charge in [-0.2, -0.15) is 0 Å². The Bertz CT molecular complexity index is 644. The molecule has 0 spiro atoms. The van der Waals surface area contributed by atoms with Gasteiger partial charge in [-0.05, 0) is 61.7 Å². The van der Waals surface area contributed by atoms with E-state index in [0.717, 1.165) is 35.0 Å². The zero-order chi connectivity index (χ0) is 14.8. The second-order valence-electron chi connectivity index (χ2n) is 5.48. The molecule has 2 unspecified atom stereocenters. The zero-order valence-electron chi connectivity index (χ0n) is 11.9. The van der Waals surface area contributed by atoms with Gasteiger partial charge in [0.05, 0.1) is 0 Å². The summed E-state index contributed by atoms with van der Waals surface area (Å²) in [5.41, 5.74) is 3.43. The van der Waals surface area contributed by atoms with Crippen LogP contribution in [-0.2, 0) is 6.42 Å². The van der Waals surface area contributed by atoms with E-state index in [9.17, 15) is 4.39 Å². The lowest BCUT2D eigenvalue weighted by atomic mass is 9.79. The first kappa shape index (κ1) is 14.7. The van der Waals surface area contributed by atoms with Crippen molar-refractivity contribution >= 4 is 15.9 Å². The molecule has 0 aliphatic heterocycles. The van der Waals surface area contributed by atoms with Gasteiger partial charge in [0.15, 0.2) is 0 Å². The fourth-order valence-corrected chi connectivity index (χ4v) is 3.79. The van der Waals surface area contributed by atoms with Crippen LogP contribution < -0.4 is 5.32 Å². The molecule has 1 aromatic heterocycles. The second-order valence-corrected chi connectivity index (χ2v) is 6.33. The highest BCUT2D eigenvalue weighted by Crippen LogP contribution is 2.41. The molecule has 1 aliphatic carbocycles. The van der Waals surface area contributed by atoms with Crippen LogP contribution in [0.15, 0.2) is 41.0 Å². The number of rotatable bonds is 3. The van der Waals surface area contributed by atoms with Crippen molar-refractivity contribution in [3.63, 3.8) is 0 Å². The number of fused-ring (bicyclic) bond motifs is 1. The van der Waals surface area contributed by atoms with Gasteiger partial charge in [0.2, 0.25) is 0 Å². The van der Waals surface area contributed by atoms with Crippen molar-refractivity contribution in [2.75, 3.05) is 7.05 Å². The summed E-state index contributed by atoms with van der Waals surface area (Å²) in [7, 11) is 1.93. The summed E-state index contributed by atoms with van der Waals surface area (Å²) >= 11 is 3.55. The summed E-state index contributed by atoms with van der Waals surface area (Å²) in [6.07, 6.45) is 5.15. The van der Waals surface area contributed by atoms with Crippen LogP contribution in [0.4, 0.5) is 4.39 Å². The molecule has 0 bridgehead atoms. The highest BCUT2D eigenvalue weighted by molar-refractivity contribution is 9.10. The van der Waals surface area contributed by atoms with E-state index in [2.05, 4.69) is 32.3 Å². The van der Waals surface area contributed by atoms with Crippen LogP contribution in [0, 0.1) is 5.82 Å². The van der Waals surface area contributed by atoms with Gasteiger partial charge >= 0.3 is 0 Å². The maximum Gasteiger partial charge on any atom is 0.123 e. The van der Waals surface area contributed by atoms with Gasteiger partial charge in [-0.1, -0.05) is 22.0 Å². The molecular formula is C17H18BrFN2. The third-order valence-electron chi connectivity index (χ3n) is 4.25. The van der Waals surface area contributed by atoms with Crippen LogP contribution in [0.2, 0.25) is 0 Å². The Kier molecular flexibility index (Phi) is 4.36. The average Bonchev–Trinajstić information content (AvgIpc) is 2.51. The number of nitrogens with zero attached hydrogens (tertiary/aromatic N) is 1. The summed E-state index contributed by atoms with van der Waals surface area (Å²) in [5.74, 6) is 0.0727. The van der Waals surface area contributed by atoms with E-state index in [1.165, 1.54) is 11.6 Å². The number of aromatic nitrogens is 1. The number of pyridine rings is 1. The highest BCUT2D eigenvalue weighted by Gasteiger charge is 2.30. The first-order valence-corrected chi connectivity index (χ1v) is 8.06. The lowest BCUT2D eigenvalue weighted by Gasteiger charge is -2.32. The molecule has 1 N–H and O–H groups in total. The number of benzene rings is 1. The first-order valence-electron chi connectivity index (χ1n) is 7.26. The van der Waals surface area contributed by atoms with Crippen molar-refractivity contribution in [2.45, 2.75) is 31.2 Å². The third kappa shape index (κ3) is 2.87. The van der Waals surface area contributed by atoms with Gasteiger partial charge < -0.3 is 5.32 Å². The summed E-state index contributed by atoms with van der Waals surface area (Å²) < 4.78 is 14.6. The summed E-state index contributed by atoms with van der Waals surface area (Å²) in [4.78, 5) is 4.60. The molecule has 0 fully saturated rings. The Balaban J connectivity index is 2.03. The van der Waals surface area contributed by atoms with E-state index >= 15 is 0 Å². The zero-order valence-corrected chi connectivity index (χ0v) is 13.5. The molecule has 4 heteroatoms. The molecule has 1 aliphatic rings. The van der Waals surface area contributed by atoms with Crippen molar-refractivity contribution in [3.8, 4) is 0 Å². The van der Waals surface area contributed by atoms with Gasteiger partial charge in [0, 0.05) is 28.3 Å². The topological polar surface area (TPSA) is 24.9 Å². The molecule has 3 rings (SSSR count). The smallest absolute Gasteiger partial charge is 0.123 e. The minimum Gasteiger partial charge on any atom is -0.312 e. The summed E-state index contributed by atoms with van der Waals surface area (Å²) in [6, 6.07) is 9.08. The predicted molar refractivity (Wildman–Crippen MR) is 85.8 cm³/mol. The molecule has 2 aromatic rings. The second kappa shape index (κ2) is 6.24. The molecule has 2 nitrogen and oxygen atoms in total. The van der Waals surface area contributed by atoms with Crippen molar-refractivity contribution in [3.05, 3.63) is 63.6 Å². The molecule has 1 heterocycles. The van der Waals surface area contributed by atoms with Crippen LogP contribution in [0.25, 0.3) is 0 Å². The third-order valence-corrected chi connectivity index (χ3v) is 4.97. The quantitative estimate of drug-likeness (QED) is 0.890. The molecule has 0 radical (unpaired) electrons. The Morgan fingerprint density at radius 3 is 3.05 bits per heavy atom. The molecule has 1 aromatic carbocycles. The lowest BCUT2D eigenvalue weighted by Crippen LogP contribution is -2.28. The number of likely N-dealkylation sites (N-methyl/N-ethyl adjacent to an activating group) is 1. The van der Waals surface area contributed by atoms with E-state index < -0.39 is 0 Å². The average molecular weight is 349 g/mol. The molecule has 2 atom stereocenters. The number of hydrogen-bond donors (Lipinski definition) is 1. The molecule has 0 saturated heterocycles. The van der Waals surface area contributed by atoms with Crippen LogP contribution >= 0.6 is 15.9 Å². The van der Waals surface area contributed by atoms with E-state index in [-0.39, 0.29) is 17.8 Å². The largest absolute Gasteiger partial charge is 0.312 e. The molecule has 0 amide bonds. The van der Waals surface area contributed by atoms with Crippen molar-refractivity contribution in [2.24, 2.45) is 0 Å². The number of hydrogen-bond acceptors (Lipinski definition) is 2. The van der Waals surface area contributed by atoms with Crippen LogP contribution in [0.5, 0.6) is 0 Å². The standard InChI is InChI=1S/C17H18BrFN2/c1-20-17(14-10-12(19)7-8-15(14)18)13-6-2-4-11-5-3-9-21-16(11)13/h3,5,7-10,13,17,20H,2,4,6H2,1H3. The number of halogens is 2. The number of nitrogens with one attached hydrogen (secondary N) is 1. The van der Waals surface area contributed by atoms with E-state index in [1.807, 2.05) is 19.3 Å². The summed E-state index contributed by atoms with van der Waals surface area (Å²) in [5, 5.41) is 3.36. The van der Waals surface area contributed by atoms with Crippen molar-refractivity contribution < 1.29 is 4.39 Å². The summed E-state index contributed by atoms with van der Waals surface area (Å²) in [6.45, 7) is 0. The predicted octanol–water partition coefficient (Wildman–Crippen LogP) is 4.36. The van der Waals surface area contributed by atoms with Crippen molar-refractivity contribution in [1.82, 2.24) is 10.3 Å². The van der Waals surface area contributed by atoms with E-state index in [0.29, 0.717) is 0 Å². The maximum absolute atomic E-state index is 13.6. The van der Waals surface area contributed by atoms with E-state index in [1.54, 1.807) is 12.1 Å². The van der Waals surface area contributed by atoms with Gasteiger partial charge in [0.1, 0.15) is 5.82 Å². The molecule has 110 valence electrons. The van der Waals surface area contributed by atoms with Crippen LogP contribution in [-0.4, -0.2) is 12.0 Å². The lowest BCUT2D eigenvalue weighted by molar-refractivity contribution is 0.413. The minimum absolute atomic E-state index is 0.0593. The molecule has 21 heavy (non-hydrogen) atoms. The Labute approximate surface area is 132 Å². The van der Waals surface area contributed by atoms with Gasteiger partial charge in [-0.25, -0.2) is 4.39 Å². The fourth-order valence-electron chi connectivity index (χ4n) is 3.30. The SMILES string of the molecule is CNC(c1cc(F)ccc1Br)C1CCCc2cccnc21. The Morgan fingerprint density at radius 1 is 1.38 bits per heavy atom. The normalized spacial score (nSPS) is 19.1. The number of aryl methyl sites for hydroxylation is 1. The van der Waals surface area contributed by atoms with Gasteiger partial charge in [-0.15, -0.1) is 0 Å². The highest BCUT2D eigenvalue weighted by atomic mass is 79.9. The van der Waals surface area contributed by atoms with Gasteiger partial charge in [0.25, 0.3) is 0 Å². The minimum atomic E-state index is -0.203. The fraction of sp³-hybridized carbons (Fsp3) is 0.353.